The first-order valence-corrected chi connectivity index (χ1v) is 7.41. The summed E-state index contributed by atoms with van der Waals surface area (Å²) in [5.74, 6) is -0.196. The van der Waals surface area contributed by atoms with E-state index in [4.69, 9.17) is 9.84 Å². The van der Waals surface area contributed by atoms with Crippen molar-refractivity contribution in [3.63, 3.8) is 0 Å². The van der Waals surface area contributed by atoms with Crippen molar-refractivity contribution in [2.24, 2.45) is 5.41 Å². The van der Waals surface area contributed by atoms with Gasteiger partial charge in [0.25, 0.3) is 0 Å². The van der Waals surface area contributed by atoms with Crippen LogP contribution in [0.4, 0.5) is 0 Å². The zero-order valence-electron chi connectivity index (χ0n) is 12.0. The van der Waals surface area contributed by atoms with Gasteiger partial charge in [-0.25, -0.2) is 0 Å². The Morgan fingerprint density at radius 3 is 2.60 bits per heavy atom. The quantitative estimate of drug-likeness (QED) is 0.789. The van der Waals surface area contributed by atoms with Gasteiger partial charge in [0.05, 0.1) is 22.6 Å². The average molecular weight is 345 g/mol. The maximum atomic E-state index is 11.1. The molecule has 1 unspecified atom stereocenters. The van der Waals surface area contributed by atoms with Crippen molar-refractivity contribution in [3.8, 4) is 5.75 Å². The minimum absolute atomic E-state index is 0.157. The number of ether oxygens (including phenoxy) is 1. The molecule has 0 aliphatic heterocycles. The van der Waals surface area contributed by atoms with Crippen LogP contribution in [0.3, 0.4) is 0 Å². The van der Waals surface area contributed by atoms with Gasteiger partial charge < -0.3 is 14.9 Å². The molecule has 0 fully saturated rings. The van der Waals surface area contributed by atoms with Crippen molar-refractivity contribution >= 4 is 21.9 Å². The summed E-state index contributed by atoms with van der Waals surface area (Å²) in [4.78, 5) is 11.1. The van der Waals surface area contributed by atoms with Crippen LogP contribution in [0, 0.1) is 5.41 Å². The zero-order valence-corrected chi connectivity index (χ0v) is 13.6. The van der Waals surface area contributed by atoms with Crippen LogP contribution in [0.15, 0.2) is 22.7 Å². The molecular formula is C15H21BrO4. The molecule has 1 atom stereocenters. The van der Waals surface area contributed by atoms with E-state index in [-0.39, 0.29) is 6.42 Å². The molecule has 0 saturated carbocycles. The van der Waals surface area contributed by atoms with E-state index in [2.05, 4.69) is 15.9 Å². The summed E-state index contributed by atoms with van der Waals surface area (Å²) in [6.07, 6.45) is 0.255. The van der Waals surface area contributed by atoms with Gasteiger partial charge in [-0.2, -0.15) is 0 Å². The molecule has 1 rings (SSSR count). The van der Waals surface area contributed by atoms with Gasteiger partial charge in [0.2, 0.25) is 0 Å². The molecule has 0 spiro atoms. The zero-order chi connectivity index (χ0) is 15.3. The lowest BCUT2D eigenvalue weighted by atomic mass is 9.85. The van der Waals surface area contributed by atoms with E-state index in [1.165, 1.54) is 0 Å². The number of carbonyl (C=O) groups is 1. The molecule has 0 saturated heterocycles. The second-order valence-corrected chi connectivity index (χ2v) is 6.30. The lowest BCUT2D eigenvalue weighted by Crippen LogP contribution is -2.26. The third-order valence-electron chi connectivity index (χ3n) is 3.09. The molecule has 0 amide bonds. The second kappa shape index (κ2) is 7.09. The van der Waals surface area contributed by atoms with E-state index in [9.17, 15) is 9.90 Å². The Morgan fingerprint density at radius 1 is 1.45 bits per heavy atom. The number of halogens is 1. The summed E-state index contributed by atoms with van der Waals surface area (Å²) in [6.45, 7) is 5.87. The van der Waals surface area contributed by atoms with E-state index in [1.54, 1.807) is 32.0 Å². The Labute approximate surface area is 127 Å². The summed E-state index contributed by atoms with van der Waals surface area (Å²) in [6, 6.07) is 5.32. The number of aliphatic hydroxyl groups is 1. The summed E-state index contributed by atoms with van der Waals surface area (Å²) in [5.41, 5.74) is -0.293. The number of rotatable bonds is 7. The first-order valence-electron chi connectivity index (χ1n) is 6.61. The standard InChI is InChI=1S/C15H21BrO4/c1-4-7-20-13-6-5-10(8-11(13)16)12(17)9-15(2,3)14(18)19/h5-6,8,12,17H,4,7,9H2,1-3H3,(H,18,19). The molecule has 4 nitrogen and oxygen atoms in total. The average Bonchev–Trinajstić information content (AvgIpc) is 2.36. The van der Waals surface area contributed by atoms with Crippen LogP contribution in [0.25, 0.3) is 0 Å². The summed E-state index contributed by atoms with van der Waals surface area (Å²) < 4.78 is 6.30. The fraction of sp³-hybridized carbons (Fsp3) is 0.533. The summed E-state index contributed by atoms with van der Waals surface area (Å²) in [7, 11) is 0. The monoisotopic (exact) mass is 344 g/mol. The number of aliphatic carboxylic acids is 1. The molecule has 1 aromatic carbocycles. The van der Waals surface area contributed by atoms with Gasteiger partial charge in [-0.05, 0) is 60.3 Å². The molecule has 2 N–H and O–H groups in total. The van der Waals surface area contributed by atoms with E-state index in [1.807, 2.05) is 6.92 Å². The second-order valence-electron chi connectivity index (χ2n) is 5.45. The molecule has 0 aromatic heterocycles. The van der Waals surface area contributed by atoms with Gasteiger partial charge in [-0.3, -0.25) is 4.79 Å². The van der Waals surface area contributed by atoms with Gasteiger partial charge in [-0.1, -0.05) is 13.0 Å². The van der Waals surface area contributed by atoms with E-state index in [0.717, 1.165) is 16.6 Å². The highest BCUT2D eigenvalue weighted by Crippen LogP contribution is 2.34. The Balaban J connectivity index is 2.82. The number of hydrogen-bond acceptors (Lipinski definition) is 3. The first kappa shape index (κ1) is 17.0. The van der Waals surface area contributed by atoms with Crippen molar-refractivity contribution in [1.82, 2.24) is 0 Å². The van der Waals surface area contributed by atoms with Crippen LogP contribution in [-0.4, -0.2) is 22.8 Å². The highest BCUT2D eigenvalue weighted by Gasteiger charge is 2.30. The molecule has 0 radical (unpaired) electrons. The molecule has 0 heterocycles. The fourth-order valence-electron chi connectivity index (χ4n) is 1.74. The maximum Gasteiger partial charge on any atom is 0.309 e. The van der Waals surface area contributed by atoms with Gasteiger partial charge in [0, 0.05) is 0 Å². The number of aliphatic hydroxyl groups excluding tert-OH is 1. The molecule has 1 aromatic rings. The molecule has 0 bridgehead atoms. The lowest BCUT2D eigenvalue weighted by molar-refractivity contribution is -0.148. The van der Waals surface area contributed by atoms with Crippen molar-refractivity contribution in [2.45, 2.75) is 39.7 Å². The van der Waals surface area contributed by atoms with Crippen LogP contribution in [0.1, 0.15) is 45.3 Å². The maximum absolute atomic E-state index is 11.1. The fourth-order valence-corrected chi connectivity index (χ4v) is 2.25. The molecule has 0 aliphatic carbocycles. The van der Waals surface area contributed by atoms with Crippen LogP contribution < -0.4 is 4.74 Å². The van der Waals surface area contributed by atoms with Gasteiger partial charge in [-0.15, -0.1) is 0 Å². The third-order valence-corrected chi connectivity index (χ3v) is 3.70. The van der Waals surface area contributed by atoms with E-state index < -0.39 is 17.5 Å². The minimum atomic E-state index is -0.969. The molecule has 20 heavy (non-hydrogen) atoms. The minimum Gasteiger partial charge on any atom is -0.492 e. The van der Waals surface area contributed by atoms with Crippen LogP contribution in [0.5, 0.6) is 5.75 Å². The number of carboxylic acid groups (broad SMARTS) is 1. The van der Waals surface area contributed by atoms with Crippen molar-refractivity contribution < 1.29 is 19.7 Å². The Kier molecular flexibility index (Phi) is 6.02. The molecule has 112 valence electrons. The van der Waals surface area contributed by atoms with Gasteiger partial charge in [0.15, 0.2) is 0 Å². The molecular weight excluding hydrogens is 324 g/mol. The highest BCUT2D eigenvalue weighted by atomic mass is 79.9. The van der Waals surface area contributed by atoms with Crippen LogP contribution in [-0.2, 0) is 4.79 Å². The predicted octanol–water partition coefficient (Wildman–Crippen LogP) is 3.77. The number of hydrogen-bond donors (Lipinski definition) is 2. The van der Waals surface area contributed by atoms with E-state index in [0.29, 0.717) is 12.2 Å². The largest absolute Gasteiger partial charge is 0.492 e. The van der Waals surface area contributed by atoms with Crippen molar-refractivity contribution in [2.75, 3.05) is 6.61 Å². The normalized spacial score (nSPS) is 13.1. The third kappa shape index (κ3) is 4.49. The predicted molar refractivity (Wildman–Crippen MR) is 80.9 cm³/mol. The van der Waals surface area contributed by atoms with Gasteiger partial charge >= 0.3 is 5.97 Å². The van der Waals surface area contributed by atoms with Crippen molar-refractivity contribution in [3.05, 3.63) is 28.2 Å². The lowest BCUT2D eigenvalue weighted by Gasteiger charge is -2.23. The Hall–Kier alpha value is -1.07. The molecule has 0 aliphatic rings. The molecule has 5 heteroatoms. The first-order chi connectivity index (χ1) is 9.27. The Bertz CT molecular complexity index is 471. The summed E-state index contributed by atoms with van der Waals surface area (Å²) in [5, 5.41) is 19.3. The number of benzene rings is 1. The summed E-state index contributed by atoms with van der Waals surface area (Å²) >= 11 is 3.40. The van der Waals surface area contributed by atoms with Crippen LogP contribution in [0.2, 0.25) is 0 Å². The topological polar surface area (TPSA) is 66.8 Å². The van der Waals surface area contributed by atoms with E-state index >= 15 is 0 Å². The SMILES string of the molecule is CCCOc1ccc(C(O)CC(C)(C)C(=O)O)cc1Br. The highest BCUT2D eigenvalue weighted by molar-refractivity contribution is 9.10. The number of carboxylic acids is 1. The van der Waals surface area contributed by atoms with Crippen LogP contribution >= 0.6 is 15.9 Å². The smallest absolute Gasteiger partial charge is 0.309 e. The Morgan fingerprint density at radius 2 is 2.10 bits per heavy atom. The van der Waals surface area contributed by atoms with Crippen molar-refractivity contribution in [1.29, 1.82) is 0 Å². The van der Waals surface area contributed by atoms with Gasteiger partial charge in [0.1, 0.15) is 5.75 Å².